The Balaban J connectivity index is 2.68. The van der Waals surface area contributed by atoms with Crippen LogP contribution in [0.2, 0.25) is 0 Å². The molecule has 4 heteroatoms. The van der Waals surface area contributed by atoms with Crippen LogP contribution in [0.1, 0.15) is 36.2 Å². The number of Topliss-reactive ketones (excluding diaryl/α,β-unsaturated/α-hetero) is 1. The van der Waals surface area contributed by atoms with Gasteiger partial charge >= 0.3 is 0 Å². The zero-order valence-corrected chi connectivity index (χ0v) is 11.1. The fourth-order valence-electron chi connectivity index (χ4n) is 1.51. The second-order valence-electron chi connectivity index (χ2n) is 4.11. The lowest BCUT2D eigenvalue weighted by molar-refractivity contribution is 0.0962. The predicted octanol–water partition coefficient (Wildman–Crippen LogP) is 3.14. The molecule has 0 saturated heterocycles. The summed E-state index contributed by atoms with van der Waals surface area (Å²) in [5.74, 6) is -0.186. The lowest BCUT2D eigenvalue weighted by Gasteiger charge is -2.11. The third-order valence-electron chi connectivity index (χ3n) is 2.47. The Morgan fingerprint density at radius 2 is 2.00 bits per heavy atom. The second kappa shape index (κ2) is 7.11. The second-order valence-corrected chi connectivity index (χ2v) is 4.11. The third-order valence-corrected chi connectivity index (χ3v) is 2.47. The number of aryl methyl sites for hydroxylation is 1. The number of ketones is 1. The molecule has 3 nitrogen and oxygen atoms in total. The first kappa shape index (κ1) is 14.6. The molecular formula is C14H19FO3. The number of carbonyl (C=O) groups excluding carboxylic acids is 1. The Morgan fingerprint density at radius 3 is 2.61 bits per heavy atom. The fourth-order valence-corrected chi connectivity index (χ4v) is 1.51. The van der Waals surface area contributed by atoms with E-state index in [0.29, 0.717) is 31.1 Å². The minimum absolute atomic E-state index is 0.210. The third kappa shape index (κ3) is 4.11. The molecule has 0 aromatic heterocycles. The molecule has 0 N–H and O–H groups in total. The average Bonchev–Trinajstić information content (AvgIpc) is 2.32. The zero-order chi connectivity index (χ0) is 13.5. The molecule has 0 radical (unpaired) electrons. The summed E-state index contributed by atoms with van der Waals surface area (Å²) >= 11 is 0. The molecular weight excluding hydrogens is 235 g/mol. The largest absolute Gasteiger partial charge is 0.490 e. The van der Waals surface area contributed by atoms with E-state index in [4.69, 9.17) is 9.47 Å². The van der Waals surface area contributed by atoms with E-state index in [2.05, 4.69) is 0 Å². The van der Waals surface area contributed by atoms with Crippen LogP contribution in [0.15, 0.2) is 12.1 Å². The Labute approximate surface area is 107 Å². The monoisotopic (exact) mass is 254 g/mol. The fraction of sp³-hybridized carbons (Fsp3) is 0.500. The summed E-state index contributed by atoms with van der Waals surface area (Å²) in [6, 6.07) is 2.77. The van der Waals surface area contributed by atoms with Gasteiger partial charge in [0.05, 0.1) is 12.2 Å². The number of halogens is 1. The molecule has 0 aliphatic carbocycles. The smallest absolute Gasteiger partial charge is 0.163 e. The van der Waals surface area contributed by atoms with Crippen molar-refractivity contribution in [3.8, 4) is 5.75 Å². The number of hydrogen-bond donors (Lipinski definition) is 0. The first-order valence-corrected chi connectivity index (χ1v) is 6.08. The van der Waals surface area contributed by atoms with Crippen LogP contribution in [0.4, 0.5) is 4.39 Å². The molecule has 1 aromatic carbocycles. The van der Waals surface area contributed by atoms with Crippen molar-refractivity contribution in [1.82, 2.24) is 0 Å². The van der Waals surface area contributed by atoms with Crippen molar-refractivity contribution in [2.75, 3.05) is 19.8 Å². The summed E-state index contributed by atoms with van der Waals surface area (Å²) in [6.45, 7) is 6.56. The van der Waals surface area contributed by atoms with Crippen LogP contribution >= 0.6 is 0 Å². The minimum atomic E-state index is -0.394. The molecule has 0 heterocycles. The van der Waals surface area contributed by atoms with Gasteiger partial charge in [0.1, 0.15) is 18.2 Å². The van der Waals surface area contributed by atoms with E-state index in [0.717, 1.165) is 6.42 Å². The number of hydrogen-bond acceptors (Lipinski definition) is 3. The van der Waals surface area contributed by atoms with Crippen molar-refractivity contribution in [2.24, 2.45) is 0 Å². The summed E-state index contributed by atoms with van der Waals surface area (Å²) in [6.07, 6.45) is 0.953. The normalized spacial score (nSPS) is 10.4. The summed E-state index contributed by atoms with van der Waals surface area (Å²) < 4.78 is 24.1. The van der Waals surface area contributed by atoms with Gasteiger partial charge < -0.3 is 9.47 Å². The molecule has 100 valence electrons. The first-order chi connectivity index (χ1) is 8.56. The highest BCUT2D eigenvalue weighted by Gasteiger charge is 2.12. The van der Waals surface area contributed by atoms with E-state index in [1.807, 2.05) is 6.92 Å². The standard InChI is InChI=1S/C14H19FO3/c1-4-5-17-6-7-18-14-8-10(2)13(15)9-12(14)11(3)16/h8-9H,4-7H2,1-3H3. The maximum Gasteiger partial charge on any atom is 0.163 e. The van der Waals surface area contributed by atoms with E-state index in [1.165, 1.54) is 13.0 Å². The topological polar surface area (TPSA) is 35.5 Å². The van der Waals surface area contributed by atoms with Gasteiger partial charge in [-0.15, -0.1) is 0 Å². The van der Waals surface area contributed by atoms with Crippen LogP contribution in [-0.2, 0) is 4.74 Å². The average molecular weight is 254 g/mol. The van der Waals surface area contributed by atoms with Gasteiger partial charge in [0.2, 0.25) is 0 Å². The number of carbonyl (C=O) groups is 1. The highest BCUT2D eigenvalue weighted by atomic mass is 19.1. The quantitative estimate of drug-likeness (QED) is 0.554. The zero-order valence-electron chi connectivity index (χ0n) is 11.1. The molecule has 1 aromatic rings. The van der Waals surface area contributed by atoms with Gasteiger partial charge in [-0.25, -0.2) is 4.39 Å². The molecule has 0 spiro atoms. The van der Waals surface area contributed by atoms with Crippen molar-refractivity contribution in [2.45, 2.75) is 27.2 Å². The Bertz CT molecular complexity index is 416. The van der Waals surface area contributed by atoms with E-state index in [9.17, 15) is 9.18 Å². The van der Waals surface area contributed by atoms with Crippen molar-refractivity contribution in [1.29, 1.82) is 0 Å². The van der Waals surface area contributed by atoms with Gasteiger partial charge in [-0.1, -0.05) is 6.92 Å². The van der Waals surface area contributed by atoms with Crippen LogP contribution in [0.25, 0.3) is 0 Å². The summed E-state index contributed by atoms with van der Waals surface area (Å²) in [7, 11) is 0. The van der Waals surface area contributed by atoms with Crippen LogP contribution in [0.5, 0.6) is 5.75 Å². The van der Waals surface area contributed by atoms with Gasteiger partial charge in [0.15, 0.2) is 5.78 Å². The molecule has 0 bridgehead atoms. The van der Waals surface area contributed by atoms with Crippen LogP contribution in [-0.4, -0.2) is 25.6 Å². The number of rotatable bonds is 7. The Morgan fingerprint density at radius 1 is 1.28 bits per heavy atom. The van der Waals surface area contributed by atoms with Crippen molar-refractivity contribution < 1.29 is 18.7 Å². The number of ether oxygens (including phenoxy) is 2. The highest BCUT2D eigenvalue weighted by Crippen LogP contribution is 2.23. The minimum Gasteiger partial charge on any atom is -0.490 e. The summed E-state index contributed by atoms with van der Waals surface area (Å²) in [5, 5.41) is 0. The van der Waals surface area contributed by atoms with E-state index in [-0.39, 0.29) is 11.3 Å². The first-order valence-electron chi connectivity index (χ1n) is 6.08. The van der Waals surface area contributed by atoms with Crippen LogP contribution in [0, 0.1) is 12.7 Å². The van der Waals surface area contributed by atoms with Gasteiger partial charge in [-0.3, -0.25) is 4.79 Å². The molecule has 0 fully saturated rings. The van der Waals surface area contributed by atoms with Gasteiger partial charge in [0, 0.05) is 6.61 Å². The van der Waals surface area contributed by atoms with E-state index < -0.39 is 5.82 Å². The highest BCUT2D eigenvalue weighted by molar-refractivity contribution is 5.96. The predicted molar refractivity (Wildman–Crippen MR) is 67.7 cm³/mol. The molecule has 0 aliphatic rings. The Hall–Kier alpha value is -1.42. The molecule has 0 amide bonds. The lowest BCUT2D eigenvalue weighted by Crippen LogP contribution is -2.10. The van der Waals surface area contributed by atoms with Crippen molar-refractivity contribution in [3.05, 3.63) is 29.1 Å². The van der Waals surface area contributed by atoms with E-state index in [1.54, 1.807) is 13.0 Å². The molecule has 0 atom stereocenters. The van der Waals surface area contributed by atoms with Crippen LogP contribution in [0.3, 0.4) is 0 Å². The molecule has 1 rings (SSSR count). The van der Waals surface area contributed by atoms with Gasteiger partial charge in [-0.05, 0) is 38.0 Å². The number of benzene rings is 1. The van der Waals surface area contributed by atoms with Crippen LogP contribution < -0.4 is 4.74 Å². The summed E-state index contributed by atoms with van der Waals surface area (Å²) in [5.41, 5.74) is 0.734. The molecule has 0 aliphatic heterocycles. The Kier molecular flexibility index (Phi) is 5.78. The van der Waals surface area contributed by atoms with E-state index >= 15 is 0 Å². The molecule has 18 heavy (non-hydrogen) atoms. The van der Waals surface area contributed by atoms with Crippen molar-refractivity contribution in [3.63, 3.8) is 0 Å². The maximum atomic E-state index is 13.4. The summed E-state index contributed by atoms with van der Waals surface area (Å²) in [4.78, 5) is 11.4. The molecule has 0 unspecified atom stereocenters. The maximum absolute atomic E-state index is 13.4. The lowest BCUT2D eigenvalue weighted by atomic mass is 10.1. The molecule has 0 saturated carbocycles. The SMILES string of the molecule is CCCOCCOc1cc(C)c(F)cc1C(C)=O. The van der Waals surface area contributed by atoms with Crippen molar-refractivity contribution >= 4 is 5.78 Å². The van der Waals surface area contributed by atoms with Gasteiger partial charge in [-0.2, -0.15) is 0 Å². The van der Waals surface area contributed by atoms with Gasteiger partial charge in [0.25, 0.3) is 0 Å².